The lowest BCUT2D eigenvalue weighted by atomic mass is 9.92. The SMILES string of the molecule is C=CN=C(NC(=O)C1CC1)/C(=C(\C)c1cc(C(C)(F)F)cc(N2CCN[C@@H](C)C2)n1)C(C)C(F)(F)P. The molecule has 36 heavy (non-hydrogen) atoms. The maximum Gasteiger partial charge on any atom is 0.270 e. The molecule has 2 N–H and O–H groups in total. The molecule has 1 aliphatic heterocycles. The maximum absolute atomic E-state index is 14.6. The van der Waals surface area contributed by atoms with Crippen LogP contribution in [0.3, 0.4) is 0 Å². The van der Waals surface area contributed by atoms with Crippen molar-refractivity contribution in [2.45, 2.75) is 58.2 Å². The monoisotopic (exact) mass is 527 g/mol. The number of aromatic nitrogens is 1. The zero-order chi connectivity index (χ0) is 26.8. The Bertz CT molecular complexity index is 1060. The Morgan fingerprint density at radius 2 is 2.03 bits per heavy atom. The fraction of sp³-hybridized carbons (Fsp3) is 0.560. The van der Waals surface area contributed by atoms with Gasteiger partial charge in [-0.3, -0.25) is 4.79 Å². The lowest BCUT2D eigenvalue weighted by Gasteiger charge is -2.33. The molecule has 198 valence electrons. The van der Waals surface area contributed by atoms with Crippen molar-refractivity contribution in [1.29, 1.82) is 0 Å². The summed E-state index contributed by atoms with van der Waals surface area (Å²) >= 11 is 0. The molecule has 1 saturated heterocycles. The van der Waals surface area contributed by atoms with E-state index in [2.05, 4.69) is 27.2 Å². The number of pyridine rings is 1. The first kappa shape index (κ1) is 28.3. The second-order valence-electron chi connectivity index (χ2n) is 9.65. The van der Waals surface area contributed by atoms with E-state index in [0.717, 1.165) is 13.1 Å². The van der Waals surface area contributed by atoms with Gasteiger partial charge in [0.2, 0.25) is 5.91 Å². The first-order valence-corrected chi connectivity index (χ1v) is 12.6. The lowest BCUT2D eigenvalue weighted by molar-refractivity contribution is -0.120. The summed E-state index contributed by atoms with van der Waals surface area (Å²) in [5.74, 6) is -4.88. The predicted molar refractivity (Wildman–Crippen MR) is 138 cm³/mol. The Morgan fingerprint density at radius 1 is 1.36 bits per heavy atom. The van der Waals surface area contributed by atoms with Gasteiger partial charge in [0, 0.05) is 55.9 Å². The van der Waals surface area contributed by atoms with Crippen molar-refractivity contribution in [3.8, 4) is 0 Å². The molecule has 2 unspecified atom stereocenters. The molecule has 1 aromatic rings. The number of rotatable bonds is 8. The van der Waals surface area contributed by atoms with E-state index in [1.807, 2.05) is 11.8 Å². The van der Waals surface area contributed by atoms with Crippen molar-refractivity contribution >= 4 is 32.4 Å². The minimum absolute atomic E-state index is 0.00704. The van der Waals surface area contributed by atoms with E-state index < -0.39 is 17.5 Å². The van der Waals surface area contributed by atoms with Gasteiger partial charge in [-0.25, -0.2) is 27.5 Å². The maximum atomic E-state index is 14.6. The molecule has 6 nitrogen and oxygen atoms in total. The summed E-state index contributed by atoms with van der Waals surface area (Å²) in [4.78, 5) is 23.2. The van der Waals surface area contributed by atoms with Gasteiger partial charge in [-0.1, -0.05) is 22.7 Å². The highest BCUT2D eigenvalue weighted by Crippen LogP contribution is 2.40. The number of anilines is 1. The third kappa shape index (κ3) is 6.91. The molecule has 0 spiro atoms. The smallest absolute Gasteiger partial charge is 0.270 e. The minimum atomic E-state index is -3.27. The van der Waals surface area contributed by atoms with E-state index in [0.29, 0.717) is 38.3 Å². The molecule has 2 aliphatic rings. The normalized spacial score (nSPS) is 21.1. The number of halogens is 4. The summed E-state index contributed by atoms with van der Waals surface area (Å²) in [5.41, 5.74) is -3.21. The van der Waals surface area contributed by atoms with Crippen molar-refractivity contribution in [2.24, 2.45) is 16.8 Å². The van der Waals surface area contributed by atoms with Gasteiger partial charge in [0.1, 0.15) is 11.7 Å². The first-order valence-electron chi connectivity index (χ1n) is 12.0. The molecule has 1 amide bonds. The number of hydrogen-bond donors (Lipinski definition) is 2. The Hall–Kier alpha value is -2.32. The molecule has 1 aromatic heterocycles. The molecule has 0 aromatic carbocycles. The van der Waals surface area contributed by atoms with E-state index in [1.165, 1.54) is 35.2 Å². The van der Waals surface area contributed by atoms with Crippen molar-refractivity contribution in [1.82, 2.24) is 15.6 Å². The van der Waals surface area contributed by atoms with Crippen molar-refractivity contribution < 1.29 is 22.4 Å². The van der Waals surface area contributed by atoms with E-state index in [1.54, 1.807) is 0 Å². The molecule has 0 radical (unpaired) electrons. The zero-order valence-corrected chi connectivity index (χ0v) is 22.2. The summed E-state index contributed by atoms with van der Waals surface area (Å²) in [6.45, 7) is 10.9. The standard InChI is InChI=1S/C25H34F4N5OP/c1-6-30-22(33-23(35)17-7-8-17)21(16(4)25(28,29)36)15(3)19-11-18(24(5,26)27)12-20(32-19)34-10-9-31-14(2)13-34/h6,11-12,14,16-17,31H,1,7-10,13,36H2,2-5H3,(H,30,33,35)/b21-15+/t14-,16?/m0/s1. The fourth-order valence-corrected chi connectivity index (χ4v) is 4.29. The van der Waals surface area contributed by atoms with Gasteiger partial charge in [-0.15, -0.1) is 0 Å². The average molecular weight is 528 g/mol. The highest BCUT2D eigenvalue weighted by molar-refractivity contribution is 7.18. The Labute approximate surface area is 211 Å². The highest BCUT2D eigenvalue weighted by atomic mass is 31.0. The van der Waals surface area contributed by atoms with Crippen LogP contribution in [0.5, 0.6) is 0 Å². The minimum Gasteiger partial charge on any atom is -0.354 e. The molecule has 3 rings (SSSR count). The second kappa shape index (κ2) is 11.0. The van der Waals surface area contributed by atoms with Crippen LogP contribution in [0.15, 0.2) is 35.5 Å². The van der Waals surface area contributed by atoms with Gasteiger partial charge in [-0.2, -0.15) is 0 Å². The third-order valence-electron chi connectivity index (χ3n) is 6.48. The molecule has 11 heteroatoms. The number of carbonyl (C=O) groups excluding carboxylic acids is 1. The van der Waals surface area contributed by atoms with Crippen LogP contribution in [-0.4, -0.2) is 48.1 Å². The number of piperazine rings is 1. The topological polar surface area (TPSA) is 69.6 Å². The molecule has 1 saturated carbocycles. The van der Waals surface area contributed by atoms with Crippen LogP contribution in [0, 0.1) is 11.8 Å². The van der Waals surface area contributed by atoms with E-state index in [9.17, 15) is 22.4 Å². The molecular weight excluding hydrogens is 493 g/mol. The summed E-state index contributed by atoms with van der Waals surface area (Å²) in [5, 5.41) is 5.95. The number of alkyl halides is 4. The Morgan fingerprint density at radius 3 is 2.56 bits per heavy atom. The quantitative estimate of drug-likeness (QED) is 0.218. The first-order chi connectivity index (χ1) is 16.7. The van der Waals surface area contributed by atoms with Crippen LogP contribution in [-0.2, 0) is 10.7 Å². The van der Waals surface area contributed by atoms with Gasteiger partial charge in [0.15, 0.2) is 0 Å². The van der Waals surface area contributed by atoms with Gasteiger partial charge in [-0.05, 0) is 44.4 Å². The van der Waals surface area contributed by atoms with E-state index in [-0.39, 0.29) is 46.1 Å². The lowest BCUT2D eigenvalue weighted by Crippen LogP contribution is -2.49. The predicted octanol–water partition coefficient (Wildman–Crippen LogP) is 4.94. The Kier molecular flexibility index (Phi) is 8.61. The van der Waals surface area contributed by atoms with Crippen LogP contribution in [0.1, 0.15) is 51.8 Å². The second-order valence-corrected chi connectivity index (χ2v) is 10.4. The van der Waals surface area contributed by atoms with Gasteiger partial charge in [0.05, 0.1) is 11.6 Å². The summed E-state index contributed by atoms with van der Waals surface area (Å²) in [7, 11) is 1.51. The number of carbonyl (C=O) groups is 1. The van der Waals surface area contributed by atoms with Crippen LogP contribution < -0.4 is 15.5 Å². The summed E-state index contributed by atoms with van der Waals surface area (Å²) in [6.07, 6.45) is 2.57. The highest BCUT2D eigenvalue weighted by Gasteiger charge is 2.39. The number of amidine groups is 1. The van der Waals surface area contributed by atoms with E-state index >= 15 is 0 Å². The van der Waals surface area contributed by atoms with Gasteiger partial charge in [0.25, 0.3) is 11.6 Å². The van der Waals surface area contributed by atoms with Gasteiger partial charge >= 0.3 is 0 Å². The van der Waals surface area contributed by atoms with Crippen molar-refractivity contribution in [2.75, 3.05) is 24.5 Å². The van der Waals surface area contributed by atoms with E-state index in [4.69, 9.17) is 0 Å². The molecule has 0 bridgehead atoms. The Balaban J connectivity index is 2.20. The molecule has 1 aliphatic carbocycles. The number of nitrogens with zero attached hydrogens (tertiary/aromatic N) is 3. The summed E-state index contributed by atoms with van der Waals surface area (Å²) < 4.78 is 58.3. The zero-order valence-electron chi connectivity index (χ0n) is 21.0. The van der Waals surface area contributed by atoms with Gasteiger partial charge < -0.3 is 15.5 Å². The van der Waals surface area contributed by atoms with Crippen LogP contribution in [0.4, 0.5) is 23.4 Å². The number of hydrogen-bond acceptors (Lipinski definition) is 5. The largest absolute Gasteiger partial charge is 0.354 e. The molecular formula is C25H34F4N5OP. The van der Waals surface area contributed by atoms with Crippen molar-refractivity contribution in [3.05, 3.63) is 41.7 Å². The van der Waals surface area contributed by atoms with Crippen LogP contribution >= 0.6 is 9.24 Å². The number of amides is 1. The molecule has 3 atom stereocenters. The number of allylic oxidation sites excluding steroid dienone is 1. The fourth-order valence-electron chi connectivity index (χ4n) is 4.13. The average Bonchev–Trinajstić information content (AvgIpc) is 3.63. The molecule has 2 heterocycles. The summed E-state index contributed by atoms with van der Waals surface area (Å²) in [6, 6.07) is 2.68. The van der Waals surface area contributed by atoms with Crippen LogP contribution in [0.25, 0.3) is 5.57 Å². The third-order valence-corrected chi connectivity index (χ3v) is 6.98. The van der Waals surface area contributed by atoms with Crippen molar-refractivity contribution in [3.63, 3.8) is 0 Å². The number of aliphatic imine (C=N–C) groups is 1. The van der Waals surface area contributed by atoms with Crippen LogP contribution in [0.2, 0.25) is 0 Å². The number of nitrogens with one attached hydrogen (secondary N) is 2. The molecule has 2 fully saturated rings.